The first-order valence-corrected chi connectivity index (χ1v) is 4.79. The molecule has 0 heterocycles. The van der Waals surface area contributed by atoms with E-state index < -0.39 is 0 Å². The lowest BCUT2D eigenvalue weighted by Crippen LogP contribution is -1.71. The molecule has 86 valence electrons. The average Bonchev–Trinajstić information content (AvgIpc) is 2.34. The van der Waals surface area contributed by atoms with E-state index in [0.29, 0.717) is 5.56 Å². The minimum Gasteiger partial charge on any atom is -0.508 e. The maximum absolute atomic E-state index is 8.89. The summed E-state index contributed by atoms with van der Waals surface area (Å²) in [4.78, 5) is 0. The molecular formula is C13H11NO3. The second kappa shape index (κ2) is 6.03. The van der Waals surface area contributed by atoms with Gasteiger partial charge in [0, 0.05) is 0 Å². The molecule has 0 saturated carbocycles. The molecule has 0 aromatic heterocycles. The zero-order valence-electron chi connectivity index (χ0n) is 8.91. The third kappa shape index (κ3) is 4.14. The third-order valence-electron chi connectivity index (χ3n) is 1.87. The lowest BCUT2D eigenvalue weighted by molar-refractivity contribution is 0.460. The van der Waals surface area contributed by atoms with Gasteiger partial charge in [0.15, 0.2) is 0 Å². The first kappa shape index (κ1) is 12.4. The van der Waals surface area contributed by atoms with E-state index in [9.17, 15) is 0 Å². The van der Waals surface area contributed by atoms with Crippen molar-refractivity contribution in [2.24, 2.45) is 0 Å². The molecule has 4 heteroatoms. The van der Waals surface area contributed by atoms with Crippen LogP contribution in [0, 0.1) is 11.3 Å². The number of hydrogen-bond donors (Lipinski definition) is 3. The second-order valence-electron chi connectivity index (χ2n) is 3.15. The van der Waals surface area contributed by atoms with E-state index in [0.717, 1.165) is 0 Å². The van der Waals surface area contributed by atoms with Gasteiger partial charge in [0.25, 0.3) is 0 Å². The van der Waals surface area contributed by atoms with Crippen LogP contribution in [0.1, 0.15) is 5.56 Å². The van der Waals surface area contributed by atoms with E-state index in [-0.39, 0.29) is 17.2 Å². The highest BCUT2D eigenvalue weighted by Crippen LogP contribution is 2.13. The third-order valence-corrected chi connectivity index (χ3v) is 1.87. The second-order valence-corrected chi connectivity index (χ2v) is 3.15. The van der Waals surface area contributed by atoms with E-state index in [1.165, 1.54) is 30.3 Å². The van der Waals surface area contributed by atoms with Crippen molar-refractivity contribution >= 4 is 0 Å². The van der Waals surface area contributed by atoms with Crippen molar-refractivity contribution in [3.05, 3.63) is 54.1 Å². The van der Waals surface area contributed by atoms with Crippen LogP contribution in [0.25, 0.3) is 0 Å². The van der Waals surface area contributed by atoms with Gasteiger partial charge in [0.2, 0.25) is 0 Å². The molecule has 0 unspecified atom stereocenters. The van der Waals surface area contributed by atoms with E-state index >= 15 is 0 Å². The summed E-state index contributed by atoms with van der Waals surface area (Å²) in [5, 5.41) is 34.5. The minimum absolute atomic E-state index is 0.0417. The van der Waals surface area contributed by atoms with Gasteiger partial charge in [-0.3, -0.25) is 0 Å². The van der Waals surface area contributed by atoms with Gasteiger partial charge in [-0.15, -0.1) is 0 Å². The van der Waals surface area contributed by atoms with E-state index in [1.807, 2.05) is 6.07 Å². The molecule has 2 rings (SSSR count). The topological polar surface area (TPSA) is 84.5 Å². The molecule has 0 aliphatic heterocycles. The van der Waals surface area contributed by atoms with Gasteiger partial charge in [0.1, 0.15) is 23.3 Å². The summed E-state index contributed by atoms with van der Waals surface area (Å²) >= 11 is 0. The van der Waals surface area contributed by atoms with Crippen LogP contribution >= 0.6 is 0 Å². The summed E-state index contributed by atoms with van der Waals surface area (Å²) in [6.45, 7) is 0. The SMILES string of the molecule is N#Cc1ccccc1O.Oc1ccc(O)cc1. The number of rotatable bonds is 0. The van der Waals surface area contributed by atoms with Crippen molar-refractivity contribution in [2.75, 3.05) is 0 Å². The largest absolute Gasteiger partial charge is 0.508 e. The number of hydrogen-bond acceptors (Lipinski definition) is 4. The van der Waals surface area contributed by atoms with E-state index in [4.69, 9.17) is 20.6 Å². The maximum atomic E-state index is 8.89. The van der Waals surface area contributed by atoms with Crippen molar-refractivity contribution in [3.8, 4) is 23.3 Å². The van der Waals surface area contributed by atoms with Gasteiger partial charge in [-0.05, 0) is 36.4 Å². The quantitative estimate of drug-likeness (QED) is 0.605. The molecule has 0 radical (unpaired) electrons. The molecule has 0 saturated heterocycles. The normalized spacial score (nSPS) is 8.65. The van der Waals surface area contributed by atoms with Crippen LogP contribution in [0.3, 0.4) is 0 Å². The molecular weight excluding hydrogens is 218 g/mol. The summed E-state index contributed by atoms with van der Waals surface area (Å²) in [6, 6.07) is 14.0. The molecule has 0 bridgehead atoms. The number of phenols is 3. The van der Waals surface area contributed by atoms with Crippen LogP contribution in [0.5, 0.6) is 17.2 Å². The van der Waals surface area contributed by atoms with Gasteiger partial charge in [-0.1, -0.05) is 12.1 Å². The summed E-state index contributed by atoms with van der Waals surface area (Å²) in [5.41, 5.74) is 0.317. The molecule has 0 aliphatic rings. The Kier molecular flexibility index (Phi) is 4.40. The maximum Gasteiger partial charge on any atom is 0.133 e. The zero-order valence-corrected chi connectivity index (χ0v) is 8.91. The number of aromatic hydroxyl groups is 3. The zero-order chi connectivity index (χ0) is 12.7. The average molecular weight is 229 g/mol. The Balaban J connectivity index is 0.000000171. The van der Waals surface area contributed by atoms with Crippen LogP contribution in [-0.4, -0.2) is 15.3 Å². The van der Waals surface area contributed by atoms with Crippen molar-refractivity contribution in [3.63, 3.8) is 0 Å². The fraction of sp³-hybridized carbons (Fsp3) is 0. The first-order chi connectivity index (χ1) is 8.13. The van der Waals surface area contributed by atoms with E-state index in [2.05, 4.69) is 0 Å². The van der Waals surface area contributed by atoms with Gasteiger partial charge in [0.05, 0.1) is 5.56 Å². The number of para-hydroxylation sites is 1. The van der Waals surface area contributed by atoms with Crippen molar-refractivity contribution < 1.29 is 15.3 Å². The summed E-state index contributed by atoms with van der Waals surface area (Å²) in [6.07, 6.45) is 0. The molecule has 0 fully saturated rings. The lowest BCUT2D eigenvalue weighted by atomic mass is 10.2. The number of benzene rings is 2. The fourth-order valence-electron chi connectivity index (χ4n) is 1.02. The molecule has 2 aromatic rings. The molecule has 3 N–H and O–H groups in total. The molecule has 4 nitrogen and oxygen atoms in total. The van der Waals surface area contributed by atoms with Gasteiger partial charge in [-0.25, -0.2) is 0 Å². The van der Waals surface area contributed by atoms with Crippen LogP contribution in [0.2, 0.25) is 0 Å². The predicted octanol–water partition coefficient (Wildman–Crippen LogP) is 2.36. The highest BCUT2D eigenvalue weighted by Gasteiger charge is 1.93. The Morgan fingerprint density at radius 2 is 1.24 bits per heavy atom. The molecule has 0 spiro atoms. The Labute approximate surface area is 98.6 Å². The van der Waals surface area contributed by atoms with E-state index in [1.54, 1.807) is 18.2 Å². The first-order valence-electron chi connectivity index (χ1n) is 4.79. The van der Waals surface area contributed by atoms with Gasteiger partial charge < -0.3 is 15.3 Å². The Bertz CT molecular complexity index is 494. The Morgan fingerprint density at radius 1 is 0.765 bits per heavy atom. The van der Waals surface area contributed by atoms with Crippen molar-refractivity contribution in [1.82, 2.24) is 0 Å². The minimum atomic E-state index is 0.0417. The number of phenolic OH excluding ortho intramolecular Hbond substituents is 3. The summed E-state index contributed by atoms with van der Waals surface area (Å²) in [7, 11) is 0. The number of nitrogens with zero attached hydrogens (tertiary/aromatic N) is 1. The van der Waals surface area contributed by atoms with Crippen LogP contribution in [0.15, 0.2) is 48.5 Å². The standard InChI is InChI=1S/C7H5NO.C6H6O2/c8-5-6-3-1-2-4-7(6)9;7-5-1-2-6(8)4-3-5/h1-4,9H;1-4,7-8H. The fourth-order valence-corrected chi connectivity index (χ4v) is 1.02. The number of nitriles is 1. The monoisotopic (exact) mass is 229 g/mol. The molecule has 0 amide bonds. The van der Waals surface area contributed by atoms with Gasteiger partial charge >= 0.3 is 0 Å². The van der Waals surface area contributed by atoms with Crippen LogP contribution in [-0.2, 0) is 0 Å². The Morgan fingerprint density at radius 3 is 1.59 bits per heavy atom. The molecule has 0 atom stereocenters. The van der Waals surface area contributed by atoms with Crippen LogP contribution in [0.4, 0.5) is 0 Å². The van der Waals surface area contributed by atoms with Crippen LogP contribution < -0.4 is 0 Å². The molecule has 0 aliphatic carbocycles. The molecule has 17 heavy (non-hydrogen) atoms. The Hall–Kier alpha value is -2.67. The highest BCUT2D eigenvalue weighted by atomic mass is 16.3. The smallest absolute Gasteiger partial charge is 0.133 e. The van der Waals surface area contributed by atoms with Gasteiger partial charge in [-0.2, -0.15) is 5.26 Å². The highest BCUT2D eigenvalue weighted by molar-refractivity contribution is 5.41. The predicted molar refractivity (Wildman–Crippen MR) is 62.6 cm³/mol. The van der Waals surface area contributed by atoms with Crippen molar-refractivity contribution in [1.29, 1.82) is 5.26 Å². The summed E-state index contributed by atoms with van der Waals surface area (Å²) < 4.78 is 0. The summed E-state index contributed by atoms with van der Waals surface area (Å²) in [5.74, 6) is 0.380. The van der Waals surface area contributed by atoms with Crippen molar-refractivity contribution in [2.45, 2.75) is 0 Å². The molecule has 2 aromatic carbocycles. The lowest BCUT2D eigenvalue weighted by Gasteiger charge is -1.89.